The van der Waals surface area contributed by atoms with Crippen molar-refractivity contribution < 1.29 is 13.7 Å². The number of amides is 1. The SMILES string of the molecule is O=C(NCCc1cn2ccsc2n1)c1cc(Cc2ccc(F)cc2)no1. The van der Waals surface area contributed by atoms with Crippen LogP contribution in [0.3, 0.4) is 0 Å². The van der Waals surface area contributed by atoms with E-state index in [1.807, 2.05) is 22.2 Å². The molecule has 0 saturated carbocycles. The van der Waals surface area contributed by atoms with Gasteiger partial charge in [-0.1, -0.05) is 17.3 Å². The van der Waals surface area contributed by atoms with Gasteiger partial charge in [-0.3, -0.25) is 9.20 Å². The quantitative estimate of drug-likeness (QED) is 0.566. The monoisotopic (exact) mass is 370 g/mol. The summed E-state index contributed by atoms with van der Waals surface area (Å²) in [5.74, 6) is -0.441. The van der Waals surface area contributed by atoms with E-state index in [1.54, 1.807) is 29.5 Å². The Labute approximate surface area is 152 Å². The second-order valence-electron chi connectivity index (χ2n) is 5.82. The minimum atomic E-state index is -0.316. The fourth-order valence-corrected chi connectivity index (χ4v) is 3.32. The molecule has 0 aliphatic carbocycles. The van der Waals surface area contributed by atoms with Crippen LogP contribution >= 0.6 is 11.3 Å². The summed E-state index contributed by atoms with van der Waals surface area (Å²) >= 11 is 1.57. The van der Waals surface area contributed by atoms with E-state index in [2.05, 4.69) is 15.5 Å². The maximum Gasteiger partial charge on any atom is 0.289 e. The Hall–Kier alpha value is -3.00. The van der Waals surface area contributed by atoms with E-state index in [1.165, 1.54) is 12.1 Å². The van der Waals surface area contributed by atoms with Crippen LogP contribution in [-0.2, 0) is 12.8 Å². The van der Waals surface area contributed by atoms with Crippen molar-refractivity contribution in [2.45, 2.75) is 12.8 Å². The van der Waals surface area contributed by atoms with Crippen molar-refractivity contribution in [3.8, 4) is 0 Å². The Bertz CT molecular complexity index is 1010. The number of rotatable bonds is 6. The number of halogens is 1. The van der Waals surface area contributed by atoms with Crippen LogP contribution in [0.25, 0.3) is 4.96 Å². The maximum atomic E-state index is 12.9. The van der Waals surface area contributed by atoms with E-state index in [0.717, 1.165) is 16.2 Å². The van der Waals surface area contributed by atoms with Crippen LogP contribution in [0.1, 0.15) is 27.5 Å². The smallest absolute Gasteiger partial charge is 0.289 e. The lowest BCUT2D eigenvalue weighted by atomic mass is 10.1. The summed E-state index contributed by atoms with van der Waals surface area (Å²) < 4.78 is 20.0. The molecule has 0 saturated heterocycles. The van der Waals surface area contributed by atoms with Crippen molar-refractivity contribution >= 4 is 22.2 Å². The van der Waals surface area contributed by atoms with Crippen LogP contribution in [0.5, 0.6) is 0 Å². The first kappa shape index (κ1) is 16.5. The van der Waals surface area contributed by atoms with E-state index in [9.17, 15) is 9.18 Å². The minimum Gasteiger partial charge on any atom is -0.351 e. The van der Waals surface area contributed by atoms with Gasteiger partial charge in [-0.15, -0.1) is 11.3 Å². The summed E-state index contributed by atoms with van der Waals surface area (Å²) in [5, 5.41) is 8.67. The van der Waals surface area contributed by atoms with Gasteiger partial charge in [-0.05, 0) is 17.7 Å². The summed E-state index contributed by atoms with van der Waals surface area (Å²) in [6, 6.07) is 7.75. The molecule has 1 aromatic carbocycles. The summed E-state index contributed by atoms with van der Waals surface area (Å²) in [6.45, 7) is 0.456. The molecule has 0 fully saturated rings. The standard InChI is InChI=1S/C18H15FN4O2S/c19-13-3-1-12(2-4-13)9-15-10-16(25-22-15)17(24)20-6-5-14-11-23-7-8-26-18(23)21-14/h1-4,7-8,10-11H,5-6,9H2,(H,20,24). The van der Waals surface area contributed by atoms with E-state index in [-0.39, 0.29) is 17.5 Å². The van der Waals surface area contributed by atoms with Crippen LogP contribution in [-0.4, -0.2) is 27.0 Å². The fourth-order valence-electron chi connectivity index (χ4n) is 2.60. The third-order valence-electron chi connectivity index (χ3n) is 3.89. The van der Waals surface area contributed by atoms with Crippen molar-refractivity contribution in [1.82, 2.24) is 19.9 Å². The molecule has 0 unspecified atom stereocenters. The molecule has 1 amide bonds. The first-order chi connectivity index (χ1) is 12.7. The zero-order valence-corrected chi connectivity index (χ0v) is 14.5. The Morgan fingerprint density at radius 3 is 2.92 bits per heavy atom. The van der Waals surface area contributed by atoms with Gasteiger partial charge in [-0.2, -0.15) is 0 Å². The van der Waals surface area contributed by atoms with Gasteiger partial charge in [0.15, 0.2) is 4.96 Å². The molecule has 8 heteroatoms. The predicted molar refractivity (Wildman–Crippen MR) is 94.8 cm³/mol. The van der Waals surface area contributed by atoms with Crippen molar-refractivity contribution in [3.63, 3.8) is 0 Å². The number of nitrogens with one attached hydrogen (secondary N) is 1. The van der Waals surface area contributed by atoms with Crippen LogP contribution in [0.15, 0.2) is 52.6 Å². The van der Waals surface area contributed by atoms with Crippen LogP contribution in [0.2, 0.25) is 0 Å². The van der Waals surface area contributed by atoms with Gasteiger partial charge >= 0.3 is 0 Å². The number of nitrogens with zero attached hydrogens (tertiary/aromatic N) is 3. The third kappa shape index (κ3) is 3.65. The lowest BCUT2D eigenvalue weighted by Crippen LogP contribution is -2.25. The summed E-state index contributed by atoms with van der Waals surface area (Å²) in [6.07, 6.45) is 5.01. The van der Waals surface area contributed by atoms with Gasteiger partial charge in [0.1, 0.15) is 5.82 Å². The number of carbonyl (C=O) groups excluding carboxylic acids is 1. The maximum absolute atomic E-state index is 12.9. The molecule has 0 bridgehead atoms. The number of benzene rings is 1. The highest BCUT2D eigenvalue weighted by atomic mass is 32.1. The van der Waals surface area contributed by atoms with Crippen LogP contribution in [0, 0.1) is 5.82 Å². The first-order valence-corrected chi connectivity index (χ1v) is 8.95. The first-order valence-electron chi connectivity index (χ1n) is 8.07. The molecule has 0 atom stereocenters. The summed E-state index contributed by atoms with van der Waals surface area (Å²) in [4.78, 5) is 17.6. The highest BCUT2D eigenvalue weighted by molar-refractivity contribution is 7.15. The topological polar surface area (TPSA) is 72.4 Å². The van der Waals surface area contributed by atoms with E-state index < -0.39 is 0 Å². The Morgan fingerprint density at radius 1 is 1.27 bits per heavy atom. The molecular weight excluding hydrogens is 355 g/mol. The zero-order valence-electron chi connectivity index (χ0n) is 13.7. The number of aromatic nitrogens is 3. The highest BCUT2D eigenvalue weighted by Crippen LogP contribution is 2.12. The second-order valence-corrected chi connectivity index (χ2v) is 6.69. The van der Waals surface area contributed by atoms with Gasteiger partial charge in [0.05, 0.1) is 11.4 Å². The Balaban J connectivity index is 1.31. The lowest BCUT2D eigenvalue weighted by molar-refractivity contribution is 0.0917. The molecule has 0 radical (unpaired) electrons. The molecular formula is C18H15FN4O2S. The molecule has 1 N–H and O–H groups in total. The van der Waals surface area contributed by atoms with Gasteiger partial charge in [0.2, 0.25) is 5.76 Å². The molecule has 0 spiro atoms. The average Bonchev–Trinajstić information content (AvgIpc) is 3.33. The largest absolute Gasteiger partial charge is 0.351 e. The van der Waals surface area contributed by atoms with Gasteiger partial charge < -0.3 is 9.84 Å². The van der Waals surface area contributed by atoms with Gasteiger partial charge in [0.25, 0.3) is 5.91 Å². The second kappa shape index (κ2) is 7.09. The number of fused-ring (bicyclic) bond motifs is 1. The van der Waals surface area contributed by atoms with Crippen molar-refractivity contribution in [2.24, 2.45) is 0 Å². The lowest BCUT2D eigenvalue weighted by Gasteiger charge is -2.00. The zero-order chi connectivity index (χ0) is 17.9. The van der Waals surface area contributed by atoms with Crippen molar-refractivity contribution in [3.05, 3.63) is 76.6 Å². The van der Waals surface area contributed by atoms with Crippen molar-refractivity contribution in [2.75, 3.05) is 6.54 Å². The Kier molecular flexibility index (Phi) is 4.49. The Morgan fingerprint density at radius 2 is 2.12 bits per heavy atom. The summed E-state index contributed by atoms with van der Waals surface area (Å²) in [5.41, 5.74) is 2.44. The highest BCUT2D eigenvalue weighted by Gasteiger charge is 2.13. The molecule has 26 heavy (non-hydrogen) atoms. The molecule has 6 nitrogen and oxygen atoms in total. The van der Waals surface area contributed by atoms with Crippen molar-refractivity contribution in [1.29, 1.82) is 0 Å². The third-order valence-corrected chi connectivity index (χ3v) is 4.66. The molecule has 132 valence electrons. The summed E-state index contributed by atoms with van der Waals surface area (Å²) in [7, 11) is 0. The van der Waals surface area contributed by atoms with E-state index in [4.69, 9.17) is 4.52 Å². The van der Waals surface area contributed by atoms with Gasteiger partial charge in [-0.25, -0.2) is 9.37 Å². The normalized spacial score (nSPS) is 11.1. The molecule has 4 rings (SSSR count). The number of thiazole rings is 1. The fraction of sp³-hybridized carbons (Fsp3) is 0.167. The molecule has 3 aromatic heterocycles. The molecule has 4 aromatic rings. The average molecular weight is 370 g/mol. The number of hydrogen-bond donors (Lipinski definition) is 1. The predicted octanol–water partition coefficient (Wildman–Crippen LogP) is 3.09. The molecule has 0 aliphatic rings. The van der Waals surface area contributed by atoms with Crippen LogP contribution in [0.4, 0.5) is 4.39 Å². The minimum absolute atomic E-state index is 0.160. The van der Waals surface area contributed by atoms with E-state index >= 15 is 0 Å². The van der Waals surface area contributed by atoms with Gasteiger partial charge in [0, 0.05) is 43.2 Å². The molecule has 0 aliphatic heterocycles. The molecule has 3 heterocycles. The van der Waals surface area contributed by atoms with Crippen LogP contribution < -0.4 is 5.32 Å². The number of imidazole rings is 1. The number of hydrogen-bond acceptors (Lipinski definition) is 5. The van der Waals surface area contributed by atoms with E-state index in [0.29, 0.717) is 25.1 Å². The number of carbonyl (C=O) groups is 1.